The molecular formula is C17H13FINO. The van der Waals surface area contributed by atoms with Crippen LogP contribution in [0.3, 0.4) is 0 Å². The molecule has 1 aromatic heterocycles. The molecule has 3 rings (SSSR count). The van der Waals surface area contributed by atoms with Gasteiger partial charge in [0.15, 0.2) is 0 Å². The van der Waals surface area contributed by atoms with E-state index >= 15 is 0 Å². The molecule has 3 aromatic rings. The molecular weight excluding hydrogens is 380 g/mol. The Kier molecular flexibility index (Phi) is 4.17. The zero-order valence-electron chi connectivity index (χ0n) is 11.1. The quantitative estimate of drug-likeness (QED) is 0.675. The van der Waals surface area contributed by atoms with Crippen molar-refractivity contribution in [3.05, 3.63) is 75.2 Å². The van der Waals surface area contributed by atoms with Crippen molar-refractivity contribution in [2.75, 3.05) is 0 Å². The Morgan fingerprint density at radius 3 is 2.71 bits per heavy atom. The van der Waals surface area contributed by atoms with Crippen LogP contribution in [0.5, 0.6) is 0 Å². The number of aliphatic hydroxyl groups is 1. The highest BCUT2D eigenvalue weighted by Crippen LogP contribution is 2.24. The second-order valence-corrected chi connectivity index (χ2v) is 6.04. The summed E-state index contributed by atoms with van der Waals surface area (Å²) in [5.74, 6) is -0.292. The molecule has 0 bridgehead atoms. The molecule has 0 aliphatic heterocycles. The lowest BCUT2D eigenvalue weighted by atomic mass is 10.0. The van der Waals surface area contributed by atoms with Gasteiger partial charge in [0.2, 0.25) is 0 Å². The van der Waals surface area contributed by atoms with E-state index in [0.717, 1.165) is 25.7 Å². The summed E-state index contributed by atoms with van der Waals surface area (Å²) in [6.45, 7) is 0. The molecule has 2 aromatic carbocycles. The number of halogens is 2. The van der Waals surface area contributed by atoms with Crippen LogP contribution in [0.25, 0.3) is 10.9 Å². The normalized spacial score (nSPS) is 12.5. The van der Waals surface area contributed by atoms with Gasteiger partial charge in [-0.3, -0.25) is 4.98 Å². The third-order valence-corrected chi connectivity index (χ3v) is 4.31. The highest BCUT2D eigenvalue weighted by molar-refractivity contribution is 14.1. The Hall–Kier alpha value is -1.53. The van der Waals surface area contributed by atoms with Crippen molar-refractivity contribution in [2.24, 2.45) is 0 Å². The third kappa shape index (κ3) is 3.22. The van der Waals surface area contributed by atoms with E-state index in [1.807, 2.05) is 59.0 Å². The number of nitrogens with zero attached hydrogens (tertiary/aromatic N) is 1. The smallest absolute Gasteiger partial charge is 0.124 e. The largest absolute Gasteiger partial charge is 0.388 e. The van der Waals surface area contributed by atoms with Gasteiger partial charge >= 0.3 is 0 Å². The summed E-state index contributed by atoms with van der Waals surface area (Å²) in [6.07, 6.45) is -0.280. The first-order valence-electron chi connectivity index (χ1n) is 6.61. The average molecular weight is 393 g/mol. The van der Waals surface area contributed by atoms with Crippen molar-refractivity contribution in [2.45, 2.75) is 12.5 Å². The second-order valence-electron chi connectivity index (χ2n) is 4.88. The fourth-order valence-corrected chi connectivity index (χ4v) is 3.14. The minimum Gasteiger partial charge on any atom is -0.388 e. The monoisotopic (exact) mass is 393 g/mol. The van der Waals surface area contributed by atoms with E-state index in [0.29, 0.717) is 6.42 Å². The van der Waals surface area contributed by atoms with Gasteiger partial charge < -0.3 is 5.11 Å². The van der Waals surface area contributed by atoms with Gasteiger partial charge in [0.1, 0.15) is 5.82 Å². The highest BCUT2D eigenvalue weighted by atomic mass is 127. The maximum absolute atomic E-state index is 13.1. The van der Waals surface area contributed by atoms with Crippen LogP contribution in [0.1, 0.15) is 17.4 Å². The molecule has 21 heavy (non-hydrogen) atoms. The molecule has 0 spiro atoms. The number of aromatic nitrogens is 1. The molecule has 0 aliphatic carbocycles. The van der Waals surface area contributed by atoms with Crippen LogP contribution < -0.4 is 0 Å². The Balaban J connectivity index is 1.87. The Labute approximate surface area is 135 Å². The third-order valence-electron chi connectivity index (χ3n) is 3.38. The molecule has 0 aliphatic rings. The van der Waals surface area contributed by atoms with Crippen LogP contribution in [0.2, 0.25) is 0 Å². The van der Waals surface area contributed by atoms with Gasteiger partial charge in [-0.15, -0.1) is 0 Å². The van der Waals surface area contributed by atoms with Gasteiger partial charge in [-0.05, 0) is 52.4 Å². The molecule has 2 nitrogen and oxygen atoms in total. The van der Waals surface area contributed by atoms with Crippen LogP contribution in [-0.4, -0.2) is 10.1 Å². The summed E-state index contributed by atoms with van der Waals surface area (Å²) in [5, 5.41) is 11.4. The molecule has 106 valence electrons. The number of aliphatic hydroxyl groups excluding tert-OH is 1. The SMILES string of the molecule is OC(Cc1ccc2ccccc2n1)c1ccc(F)cc1I. The zero-order chi connectivity index (χ0) is 14.8. The average Bonchev–Trinajstić information content (AvgIpc) is 2.47. The van der Waals surface area contributed by atoms with Crippen molar-refractivity contribution in [3.8, 4) is 0 Å². The fraction of sp³-hybridized carbons (Fsp3) is 0.118. The Morgan fingerprint density at radius 2 is 1.90 bits per heavy atom. The first-order chi connectivity index (χ1) is 10.1. The number of pyridine rings is 1. The van der Waals surface area contributed by atoms with E-state index in [-0.39, 0.29) is 5.82 Å². The van der Waals surface area contributed by atoms with Crippen molar-refractivity contribution in [3.63, 3.8) is 0 Å². The lowest BCUT2D eigenvalue weighted by molar-refractivity contribution is 0.176. The zero-order valence-corrected chi connectivity index (χ0v) is 13.3. The molecule has 1 heterocycles. The summed E-state index contributed by atoms with van der Waals surface area (Å²) < 4.78 is 13.8. The molecule has 1 atom stereocenters. The summed E-state index contributed by atoms with van der Waals surface area (Å²) >= 11 is 2.04. The summed E-state index contributed by atoms with van der Waals surface area (Å²) in [4.78, 5) is 4.55. The van der Waals surface area contributed by atoms with Crippen molar-refractivity contribution >= 4 is 33.5 Å². The van der Waals surface area contributed by atoms with Gasteiger partial charge in [0, 0.05) is 21.1 Å². The van der Waals surface area contributed by atoms with Gasteiger partial charge in [-0.25, -0.2) is 4.39 Å². The van der Waals surface area contributed by atoms with Gasteiger partial charge in [0.05, 0.1) is 11.6 Å². The molecule has 0 saturated heterocycles. The van der Waals surface area contributed by atoms with Crippen molar-refractivity contribution in [1.82, 2.24) is 4.98 Å². The highest BCUT2D eigenvalue weighted by Gasteiger charge is 2.13. The lowest BCUT2D eigenvalue weighted by Crippen LogP contribution is -2.05. The predicted molar refractivity (Wildman–Crippen MR) is 89.5 cm³/mol. The second kappa shape index (κ2) is 6.07. The van der Waals surface area contributed by atoms with Crippen molar-refractivity contribution < 1.29 is 9.50 Å². The molecule has 1 N–H and O–H groups in total. The van der Waals surface area contributed by atoms with Crippen LogP contribution in [0, 0.1) is 9.39 Å². The molecule has 4 heteroatoms. The van der Waals surface area contributed by atoms with Crippen LogP contribution >= 0.6 is 22.6 Å². The van der Waals surface area contributed by atoms with E-state index in [1.165, 1.54) is 12.1 Å². The summed E-state index contributed by atoms with van der Waals surface area (Å²) in [7, 11) is 0. The first kappa shape index (κ1) is 14.4. The van der Waals surface area contributed by atoms with Crippen LogP contribution in [0.4, 0.5) is 4.39 Å². The number of hydrogen-bond donors (Lipinski definition) is 1. The molecule has 1 unspecified atom stereocenters. The summed E-state index contributed by atoms with van der Waals surface area (Å²) in [6, 6.07) is 16.2. The lowest BCUT2D eigenvalue weighted by Gasteiger charge is -2.13. The summed E-state index contributed by atoms with van der Waals surface area (Å²) in [5.41, 5.74) is 2.46. The maximum Gasteiger partial charge on any atom is 0.124 e. The van der Waals surface area contributed by atoms with Crippen LogP contribution in [0.15, 0.2) is 54.6 Å². The fourth-order valence-electron chi connectivity index (χ4n) is 2.30. The number of hydrogen-bond acceptors (Lipinski definition) is 2. The standard InChI is InChI=1S/C17H13FINO/c18-12-6-8-14(15(19)9-12)17(21)10-13-7-5-11-3-1-2-4-16(11)20-13/h1-9,17,21H,10H2. The minimum absolute atomic E-state index is 0.292. The van der Waals surface area contributed by atoms with Crippen LogP contribution in [-0.2, 0) is 6.42 Å². The minimum atomic E-state index is -0.689. The number of para-hydroxylation sites is 1. The Bertz CT molecular complexity index is 791. The molecule has 0 saturated carbocycles. The van der Waals surface area contributed by atoms with E-state index in [4.69, 9.17) is 0 Å². The number of rotatable bonds is 3. The molecule has 0 fully saturated rings. The van der Waals surface area contributed by atoms with Gasteiger partial charge in [-0.2, -0.15) is 0 Å². The van der Waals surface area contributed by atoms with Crippen molar-refractivity contribution in [1.29, 1.82) is 0 Å². The topological polar surface area (TPSA) is 33.1 Å². The van der Waals surface area contributed by atoms with Gasteiger partial charge in [-0.1, -0.05) is 30.3 Å². The predicted octanol–water partition coefficient (Wildman–Crippen LogP) is 4.25. The van der Waals surface area contributed by atoms with E-state index in [2.05, 4.69) is 4.98 Å². The number of benzene rings is 2. The molecule has 0 radical (unpaired) electrons. The van der Waals surface area contributed by atoms with E-state index < -0.39 is 6.10 Å². The van der Waals surface area contributed by atoms with E-state index in [1.54, 1.807) is 6.07 Å². The molecule has 0 amide bonds. The Morgan fingerprint density at radius 1 is 1.10 bits per heavy atom. The maximum atomic E-state index is 13.1. The van der Waals surface area contributed by atoms with E-state index in [9.17, 15) is 9.50 Å². The first-order valence-corrected chi connectivity index (χ1v) is 7.69. The van der Waals surface area contributed by atoms with Gasteiger partial charge in [0.25, 0.3) is 0 Å². The number of fused-ring (bicyclic) bond motifs is 1.